The molecule has 1 aromatic carbocycles. The summed E-state index contributed by atoms with van der Waals surface area (Å²) in [4.78, 5) is 0. The predicted molar refractivity (Wildman–Crippen MR) is 84.4 cm³/mol. The lowest BCUT2D eigenvalue weighted by atomic mass is 10.0. The quantitative estimate of drug-likeness (QED) is 0.862. The van der Waals surface area contributed by atoms with Crippen molar-refractivity contribution < 1.29 is 0 Å². The van der Waals surface area contributed by atoms with Crippen LogP contribution in [-0.2, 0) is 0 Å². The molecule has 2 rings (SSSR count). The first-order valence-corrected chi connectivity index (χ1v) is 7.52. The monoisotopic (exact) mass is 271 g/mol. The number of hydrogen-bond acceptors (Lipinski definition) is 2. The van der Waals surface area contributed by atoms with E-state index in [2.05, 4.69) is 61.5 Å². The van der Waals surface area contributed by atoms with E-state index in [1.54, 1.807) is 0 Å². The van der Waals surface area contributed by atoms with Crippen LogP contribution in [0.15, 0.2) is 30.3 Å². The highest BCUT2D eigenvalue weighted by Crippen LogP contribution is 2.20. The van der Waals surface area contributed by atoms with Crippen LogP contribution in [0.1, 0.15) is 49.7 Å². The predicted octanol–water partition coefficient (Wildman–Crippen LogP) is 3.94. The number of aromatic nitrogens is 2. The van der Waals surface area contributed by atoms with Crippen LogP contribution in [0.3, 0.4) is 0 Å². The van der Waals surface area contributed by atoms with Crippen molar-refractivity contribution in [2.45, 2.75) is 46.6 Å². The van der Waals surface area contributed by atoms with Crippen molar-refractivity contribution in [2.24, 2.45) is 0 Å². The third-order valence-electron chi connectivity index (χ3n) is 3.58. The molecule has 1 N–H and O–H groups in total. The first-order valence-electron chi connectivity index (χ1n) is 7.52. The lowest BCUT2D eigenvalue weighted by Crippen LogP contribution is -2.21. The molecule has 0 amide bonds. The number of aryl methyl sites for hydroxylation is 2. The van der Waals surface area contributed by atoms with Crippen LogP contribution in [0.2, 0.25) is 0 Å². The van der Waals surface area contributed by atoms with Crippen molar-refractivity contribution in [3.05, 3.63) is 47.3 Å². The fraction of sp³-hybridized carbons (Fsp3) is 0.471. The summed E-state index contributed by atoms with van der Waals surface area (Å²) >= 11 is 0. The van der Waals surface area contributed by atoms with E-state index in [1.807, 2.05) is 11.6 Å². The van der Waals surface area contributed by atoms with Gasteiger partial charge in [-0.15, -0.1) is 0 Å². The first-order chi connectivity index (χ1) is 9.65. The molecule has 20 heavy (non-hydrogen) atoms. The summed E-state index contributed by atoms with van der Waals surface area (Å²) in [6, 6.07) is 11.2. The van der Waals surface area contributed by atoms with Crippen LogP contribution in [0, 0.1) is 13.8 Å². The Morgan fingerprint density at radius 1 is 1.20 bits per heavy atom. The summed E-state index contributed by atoms with van der Waals surface area (Å²) < 4.78 is 2.02. The molecule has 0 saturated heterocycles. The lowest BCUT2D eigenvalue weighted by molar-refractivity contribution is 0.518. The molecule has 1 aromatic heterocycles. The van der Waals surface area contributed by atoms with Gasteiger partial charge in [0.25, 0.3) is 0 Å². The Balaban J connectivity index is 2.29. The molecule has 0 spiro atoms. The number of hydrogen-bond donors (Lipinski definition) is 1. The Labute approximate surface area is 122 Å². The second-order valence-corrected chi connectivity index (χ2v) is 5.35. The molecular weight excluding hydrogens is 246 g/mol. The Hall–Kier alpha value is -1.61. The van der Waals surface area contributed by atoms with Gasteiger partial charge in [-0.2, -0.15) is 5.10 Å². The Morgan fingerprint density at radius 3 is 2.60 bits per heavy atom. The SMILES string of the molecule is CCCNC(CC)c1cccc(-n2nc(C)cc2C)c1. The Kier molecular flexibility index (Phi) is 4.96. The molecule has 1 unspecified atom stereocenters. The zero-order chi connectivity index (χ0) is 14.5. The molecular formula is C17H25N3. The fourth-order valence-electron chi connectivity index (χ4n) is 2.58. The van der Waals surface area contributed by atoms with Crippen LogP contribution >= 0.6 is 0 Å². The van der Waals surface area contributed by atoms with Gasteiger partial charge >= 0.3 is 0 Å². The zero-order valence-corrected chi connectivity index (χ0v) is 13.0. The van der Waals surface area contributed by atoms with E-state index in [0.29, 0.717) is 6.04 Å². The van der Waals surface area contributed by atoms with E-state index < -0.39 is 0 Å². The first kappa shape index (κ1) is 14.8. The topological polar surface area (TPSA) is 29.9 Å². The fourth-order valence-corrected chi connectivity index (χ4v) is 2.58. The van der Waals surface area contributed by atoms with Crippen molar-refractivity contribution in [2.75, 3.05) is 6.54 Å². The molecule has 2 aromatic rings. The van der Waals surface area contributed by atoms with Crippen LogP contribution in [-0.4, -0.2) is 16.3 Å². The summed E-state index contributed by atoms with van der Waals surface area (Å²) in [6.45, 7) is 9.61. The maximum Gasteiger partial charge on any atom is 0.0652 e. The smallest absolute Gasteiger partial charge is 0.0652 e. The van der Waals surface area contributed by atoms with E-state index in [-0.39, 0.29) is 0 Å². The van der Waals surface area contributed by atoms with Crippen molar-refractivity contribution in [3.63, 3.8) is 0 Å². The summed E-state index contributed by atoms with van der Waals surface area (Å²) in [5.74, 6) is 0. The summed E-state index contributed by atoms with van der Waals surface area (Å²) in [5, 5.41) is 8.17. The highest BCUT2D eigenvalue weighted by Gasteiger charge is 2.10. The van der Waals surface area contributed by atoms with E-state index in [4.69, 9.17) is 0 Å². The second kappa shape index (κ2) is 6.71. The summed E-state index contributed by atoms with van der Waals surface area (Å²) in [5.41, 5.74) is 4.72. The molecule has 0 aliphatic rings. The minimum atomic E-state index is 0.423. The lowest BCUT2D eigenvalue weighted by Gasteiger charge is -2.18. The maximum atomic E-state index is 4.57. The van der Waals surface area contributed by atoms with Gasteiger partial charge in [-0.1, -0.05) is 26.0 Å². The molecule has 1 heterocycles. The molecule has 0 radical (unpaired) electrons. The molecule has 0 fully saturated rings. The van der Waals surface area contributed by atoms with Crippen molar-refractivity contribution in [3.8, 4) is 5.69 Å². The third kappa shape index (κ3) is 3.28. The van der Waals surface area contributed by atoms with E-state index in [1.165, 1.54) is 11.3 Å². The van der Waals surface area contributed by atoms with Gasteiger partial charge in [-0.3, -0.25) is 0 Å². The van der Waals surface area contributed by atoms with Gasteiger partial charge in [-0.05, 0) is 57.0 Å². The normalized spacial score (nSPS) is 12.6. The Bertz CT molecular complexity index is 557. The third-order valence-corrected chi connectivity index (χ3v) is 3.58. The van der Waals surface area contributed by atoms with E-state index in [9.17, 15) is 0 Å². The van der Waals surface area contributed by atoms with Gasteiger partial charge in [-0.25, -0.2) is 4.68 Å². The maximum absolute atomic E-state index is 4.57. The molecule has 108 valence electrons. The minimum absolute atomic E-state index is 0.423. The van der Waals surface area contributed by atoms with E-state index >= 15 is 0 Å². The molecule has 0 aliphatic carbocycles. The zero-order valence-electron chi connectivity index (χ0n) is 13.0. The summed E-state index contributed by atoms with van der Waals surface area (Å²) in [7, 11) is 0. The molecule has 0 saturated carbocycles. The second-order valence-electron chi connectivity index (χ2n) is 5.35. The standard InChI is InChI=1S/C17H25N3/c1-5-10-18-17(6-2)15-8-7-9-16(12-15)20-14(4)11-13(3)19-20/h7-9,11-12,17-18H,5-6,10H2,1-4H3. The minimum Gasteiger partial charge on any atom is -0.310 e. The van der Waals surface area contributed by atoms with Crippen LogP contribution in [0.5, 0.6) is 0 Å². The van der Waals surface area contributed by atoms with Gasteiger partial charge in [0.2, 0.25) is 0 Å². The largest absolute Gasteiger partial charge is 0.310 e. The van der Waals surface area contributed by atoms with Crippen LogP contribution in [0.25, 0.3) is 5.69 Å². The van der Waals surface area contributed by atoms with Gasteiger partial charge < -0.3 is 5.32 Å². The van der Waals surface area contributed by atoms with Crippen molar-refractivity contribution >= 4 is 0 Å². The number of nitrogens with zero attached hydrogens (tertiary/aromatic N) is 2. The molecule has 0 aliphatic heterocycles. The molecule has 3 heteroatoms. The number of nitrogens with one attached hydrogen (secondary N) is 1. The average Bonchev–Trinajstić information content (AvgIpc) is 2.79. The van der Waals surface area contributed by atoms with Gasteiger partial charge in [0.1, 0.15) is 0 Å². The molecule has 3 nitrogen and oxygen atoms in total. The van der Waals surface area contributed by atoms with Crippen LogP contribution < -0.4 is 5.32 Å². The van der Waals surface area contributed by atoms with Crippen LogP contribution in [0.4, 0.5) is 0 Å². The van der Waals surface area contributed by atoms with Gasteiger partial charge in [0, 0.05) is 11.7 Å². The average molecular weight is 271 g/mol. The van der Waals surface area contributed by atoms with E-state index in [0.717, 1.165) is 30.8 Å². The van der Waals surface area contributed by atoms with Gasteiger partial charge in [0.05, 0.1) is 11.4 Å². The number of benzene rings is 1. The van der Waals surface area contributed by atoms with Gasteiger partial charge in [0.15, 0.2) is 0 Å². The molecule has 0 bridgehead atoms. The highest BCUT2D eigenvalue weighted by molar-refractivity contribution is 5.38. The van der Waals surface area contributed by atoms with Crippen molar-refractivity contribution in [1.29, 1.82) is 0 Å². The molecule has 1 atom stereocenters. The highest BCUT2D eigenvalue weighted by atomic mass is 15.3. The summed E-state index contributed by atoms with van der Waals surface area (Å²) in [6.07, 6.45) is 2.26. The Morgan fingerprint density at radius 2 is 2.00 bits per heavy atom. The number of rotatable bonds is 6. The van der Waals surface area contributed by atoms with Crippen molar-refractivity contribution in [1.82, 2.24) is 15.1 Å².